The number of carbonyl (C=O) groups is 3. The van der Waals surface area contributed by atoms with Crippen LogP contribution in [0.2, 0.25) is 5.02 Å². The number of carbonyl (C=O) groups excluding carboxylic acids is 1. The van der Waals surface area contributed by atoms with Crippen LogP contribution in [0.3, 0.4) is 0 Å². The fourth-order valence-corrected chi connectivity index (χ4v) is 5.68. The fraction of sp³-hybridized carbons (Fsp3) is 0.206. The Kier molecular flexibility index (Phi) is 13.5. The summed E-state index contributed by atoms with van der Waals surface area (Å²) < 4.78 is 8.39. The van der Waals surface area contributed by atoms with Gasteiger partial charge in [0.2, 0.25) is 5.95 Å². The lowest BCUT2D eigenvalue weighted by molar-refractivity contribution is -0.140. The largest absolute Gasteiger partial charge is 0.481 e. The number of hydrogen-bond donors (Lipinski definition) is 8. The number of amides is 1. The van der Waals surface area contributed by atoms with E-state index >= 15 is 0 Å². The Morgan fingerprint density at radius 1 is 0.982 bits per heavy atom. The molecule has 1 aliphatic heterocycles. The number of benzene rings is 2. The zero-order valence-electron chi connectivity index (χ0n) is 29.6. The molecule has 22 heteroatoms. The second kappa shape index (κ2) is 18.9. The number of nitrogens with zero attached hydrogens (tertiary/aromatic N) is 9. The van der Waals surface area contributed by atoms with Crippen LogP contribution in [0.15, 0.2) is 72.1 Å². The summed E-state index contributed by atoms with van der Waals surface area (Å²) in [6.45, 7) is 2.01. The minimum Gasteiger partial charge on any atom is -0.481 e. The van der Waals surface area contributed by atoms with E-state index in [1.807, 2.05) is 24.1 Å². The van der Waals surface area contributed by atoms with Crippen LogP contribution in [0.25, 0.3) is 22.2 Å². The number of fused-ring (bicyclic) bond motifs is 2. The number of pyridine rings is 1. The molecule has 0 radical (unpaired) electrons. The molecule has 6 aromatic rings. The first-order chi connectivity index (χ1) is 26.9. The summed E-state index contributed by atoms with van der Waals surface area (Å²) in [4.78, 5) is 60.7. The number of carboxylic acids is 2. The van der Waals surface area contributed by atoms with Gasteiger partial charge in [0.15, 0.2) is 22.9 Å². The Morgan fingerprint density at radius 3 is 2.38 bits per heavy atom. The molecular weight excluding hydrogens is 766 g/mol. The first kappa shape index (κ1) is 40.2. The molecule has 0 bridgehead atoms. The quantitative estimate of drug-likeness (QED) is 0.0987. The van der Waals surface area contributed by atoms with Crippen LogP contribution in [-0.4, -0.2) is 93.9 Å². The highest BCUT2D eigenvalue weighted by atomic mass is 35.5. The highest BCUT2D eigenvalue weighted by Gasteiger charge is 2.22. The third kappa shape index (κ3) is 11.0. The molecule has 56 heavy (non-hydrogen) atoms. The predicted octanol–water partition coefficient (Wildman–Crippen LogP) is 2.65. The molecule has 1 atom stereocenters. The van der Waals surface area contributed by atoms with E-state index in [0.717, 1.165) is 47.1 Å². The monoisotopic (exact) mass is 801 g/mol. The molecule has 2 aromatic carbocycles. The van der Waals surface area contributed by atoms with E-state index in [1.54, 1.807) is 42.9 Å². The lowest BCUT2D eigenvalue weighted by atomic mass is 10.1. The third-order valence-electron chi connectivity index (χ3n) is 7.72. The van der Waals surface area contributed by atoms with E-state index in [1.165, 1.54) is 23.9 Å². The molecule has 0 fully saturated rings. The Labute approximate surface area is 327 Å². The number of carboxylic acid groups (broad SMARTS) is 2. The summed E-state index contributed by atoms with van der Waals surface area (Å²) in [5.74, 6) is -2.17. The Morgan fingerprint density at radius 2 is 1.73 bits per heavy atom. The van der Waals surface area contributed by atoms with Crippen molar-refractivity contribution in [3.05, 3.63) is 83.4 Å². The summed E-state index contributed by atoms with van der Waals surface area (Å²) in [5, 5.41) is 27.1. The number of guanidine groups is 1. The van der Waals surface area contributed by atoms with Gasteiger partial charge in [-0.1, -0.05) is 11.6 Å². The number of nitrogen functional groups attached to an aromatic ring is 3. The molecule has 0 aliphatic carbocycles. The smallest absolute Gasteiger partial charge is 0.326 e. The van der Waals surface area contributed by atoms with Crippen molar-refractivity contribution in [1.29, 1.82) is 0 Å². The maximum Gasteiger partial charge on any atom is 0.326 e. The number of halogens is 1. The van der Waals surface area contributed by atoms with Crippen LogP contribution in [0, 0.1) is 0 Å². The number of aliphatic carboxylic acids is 2. The maximum atomic E-state index is 12.4. The zero-order chi connectivity index (χ0) is 40.2. The molecule has 7 rings (SSSR count). The van der Waals surface area contributed by atoms with Crippen LogP contribution in [-0.2, 0) is 16.1 Å². The van der Waals surface area contributed by atoms with E-state index in [9.17, 15) is 19.5 Å². The van der Waals surface area contributed by atoms with Gasteiger partial charge in [0, 0.05) is 49.3 Å². The van der Waals surface area contributed by atoms with Crippen LogP contribution in [0.4, 0.5) is 28.8 Å². The number of nitrogens with one attached hydrogen (secondary N) is 3. The maximum absolute atomic E-state index is 12.4. The molecule has 1 aliphatic rings. The van der Waals surface area contributed by atoms with Gasteiger partial charge in [0.1, 0.15) is 17.1 Å². The normalized spacial score (nSPS) is 12.2. The van der Waals surface area contributed by atoms with Gasteiger partial charge in [-0.05, 0) is 55.0 Å². The zero-order valence-corrected chi connectivity index (χ0v) is 31.2. The molecule has 0 spiro atoms. The van der Waals surface area contributed by atoms with Crippen molar-refractivity contribution in [3.63, 3.8) is 0 Å². The van der Waals surface area contributed by atoms with Gasteiger partial charge in [0.05, 0.1) is 47.4 Å². The average molecular weight is 802 g/mol. The van der Waals surface area contributed by atoms with Crippen molar-refractivity contribution in [2.75, 3.05) is 47.6 Å². The summed E-state index contributed by atoms with van der Waals surface area (Å²) >= 11 is 7.30. The first-order valence-corrected chi connectivity index (χ1v) is 17.7. The number of hydrogen-bond acceptors (Lipinski definition) is 18. The van der Waals surface area contributed by atoms with Gasteiger partial charge < -0.3 is 48.3 Å². The molecule has 0 saturated heterocycles. The molecule has 0 saturated carbocycles. The van der Waals surface area contributed by atoms with Crippen molar-refractivity contribution in [1.82, 2.24) is 44.3 Å². The SMILES string of the molecule is CN(Cc1cnc2nc(N)nc(N)c2n1)c1ccc(C(=O)NC(CCC(=O)O)C(=O)O)cc1.Clc1ccc2nsnc2c1NC1=NCCN1.Nc1ccncc1. The summed E-state index contributed by atoms with van der Waals surface area (Å²) in [7, 11) is 1.82. The van der Waals surface area contributed by atoms with Gasteiger partial charge in [-0.15, -0.1) is 0 Å². The van der Waals surface area contributed by atoms with Crippen molar-refractivity contribution >= 4 is 98.2 Å². The van der Waals surface area contributed by atoms with Crippen molar-refractivity contribution < 1.29 is 24.6 Å². The molecular formula is C34H36ClN15O5S. The third-order valence-corrected chi connectivity index (χ3v) is 8.58. The van der Waals surface area contributed by atoms with Crippen LogP contribution < -0.4 is 38.1 Å². The fourth-order valence-electron chi connectivity index (χ4n) is 4.94. The molecule has 5 heterocycles. The first-order valence-electron chi connectivity index (χ1n) is 16.6. The number of anilines is 5. The van der Waals surface area contributed by atoms with Crippen molar-refractivity contribution in [2.24, 2.45) is 4.99 Å². The molecule has 1 unspecified atom stereocenters. The minimum absolute atomic E-state index is 0.0138. The lowest BCUT2D eigenvalue weighted by Gasteiger charge is -2.19. The summed E-state index contributed by atoms with van der Waals surface area (Å²) in [5.41, 5.74) is 22.1. The lowest BCUT2D eigenvalue weighted by Crippen LogP contribution is -2.41. The van der Waals surface area contributed by atoms with E-state index in [2.05, 4.69) is 54.6 Å². The molecule has 1 amide bonds. The number of aromatic nitrogens is 7. The standard InChI is InChI=1S/C20H22N8O5.C9H8ClN5S.C5H6N2/c1-28(9-11-8-23-17-15(24-11)16(21)26-20(22)27-17)12-4-2-10(3-5-12)18(31)25-13(19(32)33)6-7-14(29)30;10-5-1-2-6-8(15-16-14-6)7(5)13-9-11-3-4-12-9;6-5-1-3-7-4-2-5/h2-5,8,13H,6-7,9H2,1H3,(H,25,31)(H,29,30)(H,32,33)(H4,21,22,23,26,27);1-2H,3-4H2,(H2,11,12,13);1-4H,(H2,6,7). The van der Waals surface area contributed by atoms with Crippen molar-refractivity contribution in [3.8, 4) is 0 Å². The molecule has 11 N–H and O–H groups in total. The van der Waals surface area contributed by atoms with Gasteiger partial charge >= 0.3 is 11.9 Å². The average Bonchev–Trinajstić information content (AvgIpc) is 3.88. The molecule has 4 aromatic heterocycles. The van der Waals surface area contributed by atoms with Crippen LogP contribution >= 0.6 is 23.3 Å². The highest BCUT2D eigenvalue weighted by molar-refractivity contribution is 7.00. The van der Waals surface area contributed by atoms with E-state index in [0.29, 0.717) is 28.4 Å². The van der Waals surface area contributed by atoms with E-state index in [4.69, 9.17) is 33.9 Å². The number of rotatable bonds is 10. The summed E-state index contributed by atoms with van der Waals surface area (Å²) in [6, 6.07) is 12.3. The Hall–Kier alpha value is -7.00. The number of aliphatic imine (C=N–C) groups is 1. The predicted molar refractivity (Wildman–Crippen MR) is 213 cm³/mol. The second-order valence-electron chi connectivity index (χ2n) is 11.8. The highest BCUT2D eigenvalue weighted by Crippen LogP contribution is 2.30. The van der Waals surface area contributed by atoms with Gasteiger partial charge in [-0.3, -0.25) is 19.6 Å². The van der Waals surface area contributed by atoms with Crippen LogP contribution in [0.5, 0.6) is 0 Å². The van der Waals surface area contributed by atoms with Crippen molar-refractivity contribution in [2.45, 2.75) is 25.4 Å². The second-order valence-corrected chi connectivity index (χ2v) is 12.8. The molecule has 290 valence electrons. The summed E-state index contributed by atoms with van der Waals surface area (Å²) in [6.07, 6.45) is 4.29. The van der Waals surface area contributed by atoms with Gasteiger partial charge in [-0.2, -0.15) is 18.7 Å². The minimum atomic E-state index is -1.30. The van der Waals surface area contributed by atoms with Gasteiger partial charge in [-0.25, -0.2) is 14.8 Å². The molecule has 20 nitrogen and oxygen atoms in total. The topological polar surface area (TPSA) is 312 Å². The Bertz CT molecular complexity index is 2350. The van der Waals surface area contributed by atoms with E-state index in [-0.39, 0.29) is 30.2 Å². The van der Waals surface area contributed by atoms with Crippen LogP contribution in [0.1, 0.15) is 28.9 Å². The Balaban J connectivity index is 0.000000211. The number of nitrogens with two attached hydrogens (primary N) is 3. The van der Waals surface area contributed by atoms with E-state index < -0.39 is 23.9 Å². The van der Waals surface area contributed by atoms with Gasteiger partial charge in [0.25, 0.3) is 5.91 Å².